The number of amides is 1. The Hall–Kier alpha value is -3.08. The van der Waals surface area contributed by atoms with E-state index in [0.717, 1.165) is 0 Å². The fourth-order valence-electron chi connectivity index (χ4n) is 4.31. The summed E-state index contributed by atoms with van der Waals surface area (Å²) in [6.45, 7) is 7.00. The summed E-state index contributed by atoms with van der Waals surface area (Å²) in [6.07, 6.45) is 2.41. The van der Waals surface area contributed by atoms with Gasteiger partial charge < -0.3 is 10.1 Å². The van der Waals surface area contributed by atoms with Crippen molar-refractivity contribution in [3.05, 3.63) is 69.7 Å². The zero-order valence-corrected chi connectivity index (χ0v) is 23.5. The normalized spacial score (nSPS) is 16.6. The number of halogens is 3. The summed E-state index contributed by atoms with van der Waals surface area (Å²) in [7, 11) is -4.18. The number of fused-ring (bicyclic) bond motifs is 1. The number of nitrogens with zero attached hydrogens (tertiary/aromatic N) is 3. The van der Waals surface area contributed by atoms with Gasteiger partial charge in [0.15, 0.2) is 5.15 Å². The summed E-state index contributed by atoms with van der Waals surface area (Å²) in [5, 5.41) is 6.96. The lowest BCUT2D eigenvalue weighted by Crippen LogP contribution is -2.52. The molecule has 0 spiro atoms. The molecule has 2 aromatic carbocycles. The molecule has 12 heteroatoms. The summed E-state index contributed by atoms with van der Waals surface area (Å²) in [6, 6.07) is 8.98. The molecule has 0 saturated carbocycles. The van der Waals surface area contributed by atoms with Crippen molar-refractivity contribution in [2.24, 2.45) is 0 Å². The second-order valence-electron chi connectivity index (χ2n) is 8.97. The molecule has 2 heterocycles. The van der Waals surface area contributed by atoms with Gasteiger partial charge in [0.1, 0.15) is 22.6 Å². The van der Waals surface area contributed by atoms with Gasteiger partial charge >= 0.3 is 0 Å². The number of sulfonamides is 1. The molecule has 0 saturated heterocycles. The molecule has 2 atom stereocenters. The van der Waals surface area contributed by atoms with E-state index in [0.29, 0.717) is 23.4 Å². The van der Waals surface area contributed by atoms with E-state index in [2.05, 4.69) is 10.4 Å². The van der Waals surface area contributed by atoms with Crippen LogP contribution in [0, 0.1) is 5.82 Å². The van der Waals surface area contributed by atoms with Crippen LogP contribution in [-0.4, -0.2) is 42.8 Å². The summed E-state index contributed by atoms with van der Waals surface area (Å²) in [5.41, 5.74) is 1.70. The third-order valence-corrected chi connectivity index (χ3v) is 8.67. The van der Waals surface area contributed by atoms with Crippen LogP contribution in [0.2, 0.25) is 10.2 Å². The Bertz CT molecular complexity index is 1500. The highest BCUT2D eigenvalue weighted by atomic mass is 35.5. The Kier molecular flexibility index (Phi) is 8.06. The van der Waals surface area contributed by atoms with Crippen molar-refractivity contribution < 1.29 is 22.3 Å². The summed E-state index contributed by atoms with van der Waals surface area (Å²) in [4.78, 5) is 11.5. The standard InChI is InChI=1S/C26H27Cl2FN4O4S/c1-5-32-14-24(26(28)31-32)38(35,36)33-13-23(16(3)30-17(4)34)37-22-10-9-18(12-21(22)33)11-15(2)25-19(27)7-6-8-20(25)29/h6-12,14,16,23H,5,13H2,1-4H3,(H,30,34)/t16-,23-/m1/s1. The van der Waals surface area contributed by atoms with Gasteiger partial charge in [-0.25, -0.2) is 12.8 Å². The predicted molar refractivity (Wildman–Crippen MR) is 147 cm³/mol. The molecule has 202 valence electrons. The Morgan fingerprint density at radius 1 is 1.29 bits per heavy atom. The van der Waals surface area contributed by atoms with Crippen molar-refractivity contribution in [3.8, 4) is 5.75 Å². The molecule has 0 radical (unpaired) electrons. The van der Waals surface area contributed by atoms with Gasteiger partial charge in [0.25, 0.3) is 10.0 Å². The minimum Gasteiger partial charge on any atom is -0.484 e. The third-order valence-electron chi connectivity index (χ3n) is 6.18. The topological polar surface area (TPSA) is 93.5 Å². The SMILES string of the molecule is CCn1cc(S(=O)(=O)N2C[C@H]([C@@H](C)NC(C)=O)Oc3ccc(C=C(C)c4c(F)cccc4Cl)cc32)c(Cl)n1. The maximum Gasteiger partial charge on any atom is 0.269 e. The van der Waals surface area contributed by atoms with Gasteiger partial charge in [-0.05, 0) is 56.2 Å². The smallest absolute Gasteiger partial charge is 0.269 e. The van der Waals surface area contributed by atoms with Crippen molar-refractivity contribution in [3.63, 3.8) is 0 Å². The second kappa shape index (κ2) is 11.0. The molecular formula is C26H27Cl2FN4O4S. The number of nitrogens with one attached hydrogen (secondary N) is 1. The van der Waals surface area contributed by atoms with Gasteiger partial charge in [-0.1, -0.05) is 41.4 Å². The summed E-state index contributed by atoms with van der Waals surface area (Å²) < 4.78 is 51.0. The molecular weight excluding hydrogens is 554 g/mol. The first-order valence-corrected chi connectivity index (χ1v) is 14.1. The van der Waals surface area contributed by atoms with Gasteiger partial charge in [-0.3, -0.25) is 13.8 Å². The number of anilines is 1. The van der Waals surface area contributed by atoms with Gasteiger partial charge in [0.2, 0.25) is 5.91 Å². The van der Waals surface area contributed by atoms with Gasteiger partial charge in [0, 0.05) is 25.2 Å². The largest absolute Gasteiger partial charge is 0.484 e. The number of allylic oxidation sites excluding steroid dienone is 1. The van der Waals surface area contributed by atoms with Crippen LogP contribution in [0.1, 0.15) is 38.8 Å². The van der Waals surface area contributed by atoms with E-state index in [1.807, 2.05) is 6.92 Å². The van der Waals surface area contributed by atoms with Crippen LogP contribution in [-0.2, 0) is 21.4 Å². The van der Waals surface area contributed by atoms with Gasteiger partial charge in [0.05, 0.1) is 23.3 Å². The van der Waals surface area contributed by atoms with Crippen LogP contribution in [0.3, 0.4) is 0 Å². The Morgan fingerprint density at radius 3 is 2.66 bits per heavy atom. The molecule has 1 amide bonds. The average Bonchev–Trinajstić information content (AvgIpc) is 3.24. The van der Waals surface area contributed by atoms with Crippen molar-refractivity contribution in [2.75, 3.05) is 10.8 Å². The van der Waals surface area contributed by atoms with E-state index in [1.165, 1.54) is 34.2 Å². The van der Waals surface area contributed by atoms with E-state index in [9.17, 15) is 17.6 Å². The highest BCUT2D eigenvalue weighted by Crippen LogP contribution is 2.40. The Morgan fingerprint density at radius 2 is 2.03 bits per heavy atom. The van der Waals surface area contributed by atoms with Crippen molar-refractivity contribution >= 4 is 56.5 Å². The molecule has 0 bridgehead atoms. The minimum absolute atomic E-state index is 0.0876. The lowest BCUT2D eigenvalue weighted by molar-refractivity contribution is -0.120. The van der Waals surface area contributed by atoms with E-state index < -0.39 is 28.0 Å². The first-order chi connectivity index (χ1) is 17.9. The lowest BCUT2D eigenvalue weighted by Gasteiger charge is -2.38. The number of aromatic nitrogens is 2. The molecule has 1 aromatic heterocycles. The van der Waals surface area contributed by atoms with Crippen molar-refractivity contribution in [1.82, 2.24) is 15.1 Å². The number of ether oxygens (including phenoxy) is 1. The Labute approximate surface area is 231 Å². The fourth-order valence-corrected chi connectivity index (χ4v) is 6.55. The minimum atomic E-state index is -4.18. The number of hydrogen-bond acceptors (Lipinski definition) is 5. The second-order valence-corrected chi connectivity index (χ2v) is 11.6. The van der Waals surface area contributed by atoms with E-state index in [1.54, 1.807) is 44.2 Å². The van der Waals surface area contributed by atoms with Gasteiger partial charge in [-0.15, -0.1) is 0 Å². The molecule has 0 unspecified atom stereocenters. The molecule has 0 fully saturated rings. The zero-order valence-electron chi connectivity index (χ0n) is 21.2. The lowest BCUT2D eigenvalue weighted by atomic mass is 10.0. The Balaban J connectivity index is 1.82. The average molecular weight is 581 g/mol. The molecule has 1 N–H and O–H groups in total. The molecule has 1 aliphatic rings. The molecule has 0 aliphatic carbocycles. The van der Waals surface area contributed by atoms with Crippen molar-refractivity contribution in [2.45, 2.75) is 51.3 Å². The summed E-state index contributed by atoms with van der Waals surface area (Å²) in [5.74, 6) is -0.426. The molecule has 38 heavy (non-hydrogen) atoms. The summed E-state index contributed by atoms with van der Waals surface area (Å²) >= 11 is 12.5. The number of carbonyl (C=O) groups is 1. The molecule has 3 aromatic rings. The maximum atomic E-state index is 14.5. The van der Waals surface area contributed by atoms with Crippen molar-refractivity contribution in [1.29, 1.82) is 0 Å². The number of carbonyl (C=O) groups excluding carboxylic acids is 1. The van der Waals surface area contributed by atoms with E-state index in [4.69, 9.17) is 27.9 Å². The maximum absolute atomic E-state index is 14.5. The van der Waals surface area contributed by atoms with Crippen LogP contribution in [0.4, 0.5) is 10.1 Å². The third kappa shape index (κ3) is 5.52. The quantitative estimate of drug-likeness (QED) is 0.378. The number of benzene rings is 2. The first kappa shape index (κ1) is 27.9. The first-order valence-electron chi connectivity index (χ1n) is 11.9. The monoisotopic (exact) mass is 580 g/mol. The predicted octanol–water partition coefficient (Wildman–Crippen LogP) is 5.39. The fraction of sp³-hybridized carbons (Fsp3) is 0.308. The van der Waals surface area contributed by atoms with Crippen LogP contribution in [0.25, 0.3) is 11.6 Å². The molecule has 8 nitrogen and oxygen atoms in total. The van der Waals surface area contributed by atoms with Gasteiger partial charge in [-0.2, -0.15) is 5.10 Å². The molecule has 4 rings (SSSR count). The molecule has 1 aliphatic heterocycles. The highest BCUT2D eigenvalue weighted by molar-refractivity contribution is 7.93. The van der Waals surface area contributed by atoms with E-state index >= 15 is 0 Å². The zero-order chi connectivity index (χ0) is 27.8. The van der Waals surface area contributed by atoms with Crippen LogP contribution in [0.15, 0.2) is 47.5 Å². The van der Waals surface area contributed by atoms with Crippen LogP contribution >= 0.6 is 23.2 Å². The highest BCUT2D eigenvalue weighted by Gasteiger charge is 2.39. The number of aryl methyl sites for hydroxylation is 1. The van der Waals surface area contributed by atoms with Crippen LogP contribution < -0.4 is 14.4 Å². The van der Waals surface area contributed by atoms with E-state index in [-0.39, 0.29) is 38.8 Å². The number of rotatable bonds is 7. The number of hydrogen-bond donors (Lipinski definition) is 1. The van der Waals surface area contributed by atoms with Crippen LogP contribution in [0.5, 0.6) is 5.75 Å².